The maximum Gasteiger partial charge on any atom is 0.240 e. The van der Waals surface area contributed by atoms with Gasteiger partial charge >= 0.3 is 0 Å². The zero-order valence-corrected chi connectivity index (χ0v) is 11.9. The first-order valence-corrected chi connectivity index (χ1v) is 7.15. The number of imidazole rings is 1. The van der Waals surface area contributed by atoms with E-state index < -0.39 is 0 Å². The normalized spacial score (nSPS) is 16.4. The minimum atomic E-state index is -0.220. The van der Waals surface area contributed by atoms with Crippen LogP contribution in [0.5, 0.6) is 0 Å². The highest BCUT2D eigenvalue weighted by atomic mass is 16.2. The Balaban J connectivity index is 1.63. The molecule has 2 N–H and O–H groups in total. The number of likely N-dealkylation sites (tertiary alicyclic amines) is 1. The molecule has 2 aromatic rings. The Bertz CT molecular complexity index is 646. The second kappa shape index (κ2) is 5.55. The second-order valence-corrected chi connectivity index (χ2v) is 5.35. The van der Waals surface area contributed by atoms with E-state index in [0.29, 0.717) is 13.0 Å². The summed E-state index contributed by atoms with van der Waals surface area (Å²) >= 11 is 0. The Morgan fingerprint density at radius 1 is 1.48 bits per heavy atom. The van der Waals surface area contributed by atoms with E-state index in [-0.39, 0.29) is 24.4 Å². The first-order valence-electron chi connectivity index (χ1n) is 7.15. The van der Waals surface area contributed by atoms with E-state index in [1.807, 2.05) is 31.2 Å². The van der Waals surface area contributed by atoms with E-state index >= 15 is 0 Å². The largest absolute Gasteiger partial charge is 0.345 e. The summed E-state index contributed by atoms with van der Waals surface area (Å²) < 4.78 is 0. The Labute approximate surface area is 122 Å². The number of amides is 2. The quantitative estimate of drug-likeness (QED) is 0.891. The minimum Gasteiger partial charge on any atom is -0.345 e. The van der Waals surface area contributed by atoms with Crippen LogP contribution in [-0.4, -0.2) is 39.8 Å². The van der Waals surface area contributed by atoms with Gasteiger partial charge in [0, 0.05) is 13.0 Å². The highest BCUT2D eigenvalue weighted by Gasteiger charge is 2.23. The first kappa shape index (κ1) is 13.6. The van der Waals surface area contributed by atoms with Crippen LogP contribution < -0.4 is 5.32 Å². The Morgan fingerprint density at radius 3 is 3.00 bits per heavy atom. The molecule has 6 nitrogen and oxygen atoms in total. The molecule has 0 radical (unpaired) electrons. The molecule has 110 valence electrons. The molecule has 2 amide bonds. The molecule has 1 aromatic heterocycles. The van der Waals surface area contributed by atoms with Crippen LogP contribution in [0, 0.1) is 0 Å². The number of aromatic amines is 1. The zero-order chi connectivity index (χ0) is 14.8. The number of hydrogen-bond donors (Lipinski definition) is 2. The zero-order valence-electron chi connectivity index (χ0n) is 11.9. The van der Waals surface area contributed by atoms with Gasteiger partial charge in [0.05, 0.1) is 23.6 Å². The van der Waals surface area contributed by atoms with Gasteiger partial charge in [0.1, 0.15) is 5.82 Å². The predicted molar refractivity (Wildman–Crippen MR) is 78.5 cm³/mol. The Kier molecular flexibility index (Phi) is 3.60. The predicted octanol–water partition coefficient (Wildman–Crippen LogP) is 1.36. The van der Waals surface area contributed by atoms with E-state index in [1.165, 1.54) is 0 Å². The SMILES string of the molecule is CC(NC(=O)CN1CCCC1=O)c1nc2ccccc2[nH]1. The number of hydrogen-bond acceptors (Lipinski definition) is 3. The number of nitrogens with zero attached hydrogens (tertiary/aromatic N) is 2. The Morgan fingerprint density at radius 2 is 2.29 bits per heavy atom. The number of carbonyl (C=O) groups excluding carboxylic acids is 2. The first-order chi connectivity index (χ1) is 10.1. The maximum absolute atomic E-state index is 12.0. The van der Waals surface area contributed by atoms with Gasteiger partial charge in [-0.1, -0.05) is 12.1 Å². The molecule has 0 aliphatic carbocycles. The van der Waals surface area contributed by atoms with E-state index in [2.05, 4.69) is 15.3 Å². The topological polar surface area (TPSA) is 78.1 Å². The van der Waals surface area contributed by atoms with Crippen LogP contribution in [0.2, 0.25) is 0 Å². The summed E-state index contributed by atoms with van der Waals surface area (Å²) in [6, 6.07) is 7.51. The van der Waals surface area contributed by atoms with Crippen LogP contribution in [0.1, 0.15) is 31.6 Å². The third-order valence-electron chi connectivity index (χ3n) is 3.70. The summed E-state index contributed by atoms with van der Waals surface area (Å²) in [5.41, 5.74) is 1.83. The van der Waals surface area contributed by atoms with Gasteiger partial charge in [-0.3, -0.25) is 9.59 Å². The average Bonchev–Trinajstić information content (AvgIpc) is 3.05. The van der Waals surface area contributed by atoms with Gasteiger partial charge in [0.2, 0.25) is 11.8 Å². The molecule has 1 saturated heterocycles. The van der Waals surface area contributed by atoms with Crippen LogP contribution in [0.3, 0.4) is 0 Å². The summed E-state index contributed by atoms with van der Waals surface area (Å²) in [6.45, 7) is 2.68. The van der Waals surface area contributed by atoms with Crippen molar-refractivity contribution in [3.05, 3.63) is 30.1 Å². The molecule has 1 aromatic carbocycles. The van der Waals surface area contributed by atoms with Gasteiger partial charge in [0.15, 0.2) is 0 Å². The van der Waals surface area contributed by atoms with Gasteiger partial charge < -0.3 is 15.2 Å². The number of fused-ring (bicyclic) bond motifs is 1. The van der Waals surface area contributed by atoms with Crippen molar-refractivity contribution in [3.8, 4) is 0 Å². The molecule has 0 spiro atoms. The monoisotopic (exact) mass is 286 g/mol. The van der Waals surface area contributed by atoms with Crippen LogP contribution in [0.25, 0.3) is 11.0 Å². The van der Waals surface area contributed by atoms with Crippen molar-refractivity contribution in [1.29, 1.82) is 0 Å². The third-order valence-corrected chi connectivity index (χ3v) is 3.70. The van der Waals surface area contributed by atoms with E-state index in [1.54, 1.807) is 4.90 Å². The summed E-state index contributed by atoms with van der Waals surface area (Å²) in [6.07, 6.45) is 1.39. The molecular weight excluding hydrogens is 268 g/mol. The van der Waals surface area contributed by atoms with Crippen molar-refractivity contribution < 1.29 is 9.59 Å². The van der Waals surface area contributed by atoms with Gasteiger partial charge in [-0.2, -0.15) is 0 Å². The lowest BCUT2D eigenvalue weighted by Gasteiger charge is -2.17. The number of H-pyrrole nitrogens is 1. The highest BCUT2D eigenvalue weighted by molar-refractivity contribution is 5.86. The van der Waals surface area contributed by atoms with Crippen molar-refractivity contribution in [2.24, 2.45) is 0 Å². The standard InChI is InChI=1S/C15H18N4O2/c1-10(15-17-11-5-2-3-6-12(11)18-15)16-13(20)9-19-8-4-7-14(19)21/h2-3,5-6,10H,4,7-9H2,1H3,(H,16,20)(H,17,18). The van der Waals surface area contributed by atoms with E-state index in [9.17, 15) is 9.59 Å². The van der Waals surface area contributed by atoms with E-state index in [4.69, 9.17) is 0 Å². The fourth-order valence-corrected chi connectivity index (χ4v) is 2.58. The number of aromatic nitrogens is 2. The fraction of sp³-hybridized carbons (Fsp3) is 0.400. The molecule has 0 saturated carbocycles. The molecule has 0 bridgehead atoms. The number of benzene rings is 1. The van der Waals surface area contributed by atoms with Crippen molar-refractivity contribution in [1.82, 2.24) is 20.2 Å². The van der Waals surface area contributed by atoms with Crippen molar-refractivity contribution in [3.63, 3.8) is 0 Å². The van der Waals surface area contributed by atoms with Gasteiger partial charge in [0.25, 0.3) is 0 Å². The average molecular weight is 286 g/mol. The fourth-order valence-electron chi connectivity index (χ4n) is 2.58. The lowest BCUT2D eigenvalue weighted by atomic mass is 10.3. The number of nitrogens with one attached hydrogen (secondary N) is 2. The number of carbonyl (C=O) groups is 2. The van der Waals surface area contributed by atoms with Gasteiger partial charge in [-0.05, 0) is 25.5 Å². The highest BCUT2D eigenvalue weighted by Crippen LogP contribution is 2.15. The molecular formula is C15H18N4O2. The molecule has 1 atom stereocenters. The lowest BCUT2D eigenvalue weighted by molar-refractivity contribution is -0.133. The summed E-state index contributed by atoms with van der Waals surface area (Å²) in [5, 5.41) is 2.88. The summed E-state index contributed by atoms with van der Waals surface area (Å²) in [4.78, 5) is 32.8. The summed E-state index contributed by atoms with van der Waals surface area (Å²) in [5.74, 6) is 0.622. The molecule has 1 aliphatic heterocycles. The van der Waals surface area contributed by atoms with Gasteiger partial charge in [-0.25, -0.2) is 4.98 Å². The van der Waals surface area contributed by atoms with Crippen LogP contribution in [0.4, 0.5) is 0 Å². The third kappa shape index (κ3) is 2.89. The van der Waals surface area contributed by atoms with Crippen molar-refractivity contribution >= 4 is 22.8 Å². The lowest BCUT2D eigenvalue weighted by Crippen LogP contribution is -2.39. The summed E-state index contributed by atoms with van der Waals surface area (Å²) in [7, 11) is 0. The van der Waals surface area contributed by atoms with Crippen LogP contribution >= 0.6 is 0 Å². The molecule has 1 aliphatic rings. The molecule has 6 heteroatoms. The molecule has 1 fully saturated rings. The second-order valence-electron chi connectivity index (χ2n) is 5.35. The van der Waals surface area contributed by atoms with Crippen molar-refractivity contribution in [2.45, 2.75) is 25.8 Å². The van der Waals surface area contributed by atoms with Crippen molar-refractivity contribution in [2.75, 3.05) is 13.1 Å². The number of rotatable bonds is 4. The number of para-hydroxylation sites is 2. The maximum atomic E-state index is 12.0. The Hall–Kier alpha value is -2.37. The van der Waals surface area contributed by atoms with Gasteiger partial charge in [-0.15, -0.1) is 0 Å². The molecule has 2 heterocycles. The molecule has 3 rings (SSSR count). The molecule has 21 heavy (non-hydrogen) atoms. The molecule has 1 unspecified atom stereocenters. The van der Waals surface area contributed by atoms with E-state index in [0.717, 1.165) is 23.3 Å². The van der Waals surface area contributed by atoms with Crippen LogP contribution in [0.15, 0.2) is 24.3 Å². The van der Waals surface area contributed by atoms with Crippen LogP contribution in [-0.2, 0) is 9.59 Å². The minimum absolute atomic E-state index is 0.0570. The smallest absolute Gasteiger partial charge is 0.240 e.